The topological polar surface area (TPSA) is 57.2 Å². The predicted molar refractivity (Wildman–Crippen MR) is 115 cm³/mol. The van der Waals surface area contributed by atoms with Gasteiger partial charge in [-0.05, 0) is 37.5 Å². The molecule has 2 aliphatic heterocycles. The molecule has 0 aromatic heterocycles. The molecule has 1 amide bonds. The van der Waals surface area contributed by atoms with E-state index in [1.165, 1.54) is 38.5 Å². The molecule has 0 radical (unpaired) electrons. The van der Waals surface area contributed by atoms with Gasteiger partial charge in [-0.1, -0.05) is 19.3 Å². The molecule has 0 aromatic rings. The van der Waals surface area contributed by atoms with Crippen molar-refractivity contribution in [3.05, 3.63) is 0 Å². The Balaban J connectivity index is 0.00000243. The molecule has 150 valence electrons. The lowest BCUT2D eigenvalue weighted by atomic mass is 9.80. The summed E-state index contributed by atoms with van der Waals surface area (Å²) in [6.45, 7) is 4.08. The van der Waals surface area contributed by atoms with Crippen LogP contribution in [0.1, 0.15) is 51.4 Å². The summed E-state index contributed by atoms with van der Waals surface area (Å²) in [5.41, 5.74) is 0.388. The summed E-state index contributed by atoms with van der Waals surface area (Å²) >= 11 is 0. The molecule has 26 heavy (non-hydrogen) atoms. The maximum Gasteiger partial charge on any atom is 0.243 e. The number of ether oxygens (including phenoxy) is 1. The lowest BCUT2D eigenvalue weighted by molar-refractivity contribution is -0.127. The number of guanidine groups is 1. The van der Waals surface area contributed by atoms with E-state index in [1.807, 2.05) is 0 Å². The molecule has 0 bridgehead atoms. The lowest BCUT2D eigenvalue weighted by Crippen LogP contribution is -2.47. The first-order valence-corrected chi connectivity index (χ1v) is 9.92. The van der Waals surface area contributed by atoms with E-state index in [4.69, 9.17) is 9.73 Å². The minimum Gasteiger partial charge on any atom is -0.381 e. The molecule has 3 rings (SSSR count). The number of carbonyl (C=O) groups is 1. The van der Waals surface area contributed by atoms with Crippen molar-refractivity contribution < 1.29 is 9.53 Å². The maximum atomic E-state index is 12.0. The largest absolute Gasteiger partial charge is 0.381 e. The summed E-state index contributed by atoms with van der Waals surface area (Å²) in [7, 11) is 3.58. The Bertz CT molecular complexity index is 486. The van der Waals surface area contributed by atoms with E-state index in [2.05, 4.69) is 10.2 Å². The monoisotopic (exact) mass is 478 g/mol. The highest BCUT2D eigenvalue weighted by Crippen LogP contribution is 2.39. The maximum absolute atomic E-state index is 12.0. The molecule has 0 unspecified atom stereocenters. The Morgan fingerprint density at radius 3 is 2.54 bits per heavy atom. The van der Waals surface area contributed by atoms with Crippen LogP contribution < -0.4 is 5.32 Å². The van der Waals surface area contributed by atoms with Crippen LogP contribution in [0.25, 0.3) is 0 Å². The summed E-state index contributed by atoms with van der Waals surface area (Å²) in [6.07, 6.45) is 9.88. The summed E-state index contributed by atoms with van der Waals surface area (Å²) in [6, 6.07) is 0.508. The molecule has 1 saturated carbocycles. The van der Waals surface area contributed by atoms with E-state index in [0.29, 0.717) is 11.5 Å². The second-order valence-electron chi connectivity index (χ2n) is 8.19. The Kier molecular flexibility index (Phi) is 8.44. The van der Waals surface area contributed by atoms with Crippen molar-refractivity contribution in [2.75, 3.05) is 46.9 Å². The minimum atomic E-state index is 0. The molecule has 6 nitrogen and oxygen atoms in total. The van der Waals surface area contributed by atoms with Crippen molar-refractivity contribution in [1.82, 2.24) is 15.1 Å². The second-order valence-corrected chi connectivity index (χ2v) is 8.19. The highest BCUT2D eigenvalue weighted by molar-refractivity contribution is 14.0. The zero-order chi connectivity index (χ0) is 17.7. The fraction of sp³-hybridized carbons (Fsp3) is 0.895. The van der Waals surface area contributed by atoms with Crippen LogP contribution in [0.4, 0.5) is 0 Å². The fourth-order valence-electron chi connectivity index (χ4n) is 4.28. The molecule has 3 aliphatic rings. The lowest BCUT2D eigenvalue weighted by Gasteiger charge is -2.34. The Labute approximate surface area is 175 Å². The highest BCUT2D eigenvalue weighted by Gasteiger charge is 2.40. The first-order chi connectivity index (χ1) is 12.1. The number of aliphatic imine (C=N–C) groups is 1. The van der Waals surface area contributed by atoms with Crippen LogP contribution >= 0.6 is 24.0 Å². The first kappa shape index (κ1) is 21.7. The fourth-order valence-corrected chi connectivity index (χ4v) is 4.28. The van der Waals surface area contributed by atoms with Crippen LogP contribution in [-0.2, 0) is 9.53 Å². The van der Waals surface area contributed by atoms with Gasteiger partial charge in [-0.25, -0.2) is 4.99 Å². The van der Waals surface area contributed by atoms with E-state index < -0.39 is 0 Å². The number of nitrogens with one attached hydrogen (secondary N) is 1. The standard InChI is InChI=1S/C19H34N4O2.HI/c1-22(2)17(24)14-20-18(21-16-6-4-3-5-7-16)23-11-8-19(15-23)9-12-25-13-10-19;/h16H,3-15H2,1-2H3,(H,20,21);1H. The van der Waals surface area contributed by atoms with Crippen molar-refractivity contribution in [2.45, 2.75) is 57.4 Å². The molecule has 1 spiro atoms. The number of likely N-dealkylation sites (tertiary alicyclic amines) is 1. The number of hydrogen-bond donors (Lipinski definition) is 1. The molecule has 7 heteroatoms. The molecular formula is C19H35IN4O2. The third-order valence-electron chi connectivity index (χ3n) is 6.09. The quantitative estimate of drug-likeness (QED) is 0.385. The van der Waals surface area contributed by atoms with E-state index in [0.717, 1.165) is 45.1 Å². The Morgan fingerprint density at radius 2 is 1.88 bits per heavy atom. The molecule has 0 atom stereocenters. The van der Waals surface area contributed by atoms with Gasteiger partial charge in [0.25, 0.3) is 0 Å². The molecule has 0 aromatic carbocycles. The second kappa shape index (κ2) is 10.1. The molecule has 1 aliphatic carbocycles. The smallest absolute Gasteiger partial charge is 0.243 e. The van der Waals surface area contributed by atoms with Crippen LogP contribution in [0, 0.1) is 5.41 Å². The first-order valence-electron chi connectivity index (χ1n) is 9.92. The van der Waals surface area contributed by atoms with Crippen LogP contribution in [0.15, 0.2) is 4.99 Å². The number of likely N-dealkylation sites (N-methyl/N-ethyl adjacent to an activating group) is 1. The minimum absolute atomic E-state index is 0. The summed E-state index contributed by atoms with van der Waals surface area (Å²) in [4.78, 5) is 20.7. The third kappa shape index (κ3) is 5.71. The number of amides is 1. The number of carbonyl (C=O) groups excluding carboxylic acids is 1. The number of nitrogens with zero attached hydrogens (tertiary/aromatic N) is 3. The highest BCUT2D eigenvalue weighted by atomic mass is 127. The van der Waals surface area contributed by atoms with Crippen LogP contribution in [0.2, 0.25) is 0 Å². The molecule has 2 heterocycles. The van der Waals surface area contributed by atoms with Crippen LogP contribution in [0.3, 0.4) is 0 Å². The summed E-state index contributed by atoms with van der Waals surface area (Å²) < 4.78 is 5.56. The van der Waals surface area contributed by atoms with Gasteiger partial charge in [-0.2, -0.15) is 0 Å². The van der Waals surface area contributed by atoms with Gasteiger partial charge in [-0.3, -0.25) is 4.79 Å². The van der Waals surface area contributed by atoms with E-state index in [1.54, 1.807) is 19.0 Å². The van der Waals surface area contributed by atoms with Gasteiger partial charge in [0.05, 0.1) is 0 Å². The molecule has 2 saturated heterocycles. The van der Waals surface area contributed by atoms with Gasteiger partial charge in [0.2, 0.25) is 5.91 Å². The Morgan fingerprint density at radius 1 is 1.19 bits per heavy atom. The van der Waals surface area contributed by atoms with E-state index >= 15 is 0 Å². The van der Waals surface area contributed by atoms with Gasteiger partial charge in [-0.15, -0.1) is 24.0 Å². The molecule has 3 fully saturated rings. The SMILES string of the molecule is CN(C)C(=O)CN=C(NC1CCCCC1)N1CCC2(CCOCC2)C1.I. The van der Waals surface area contributed by atoms with Crippen LogP contribution in [0.5, 0.6) is 0 Å². The molecule has 1 N–H and O–H groups in total. The zero-order valence-electron chi connectivity index (χ0n) is 16.3. The van der Waals surface area contributed by atoms with Crippen molar-refractivity contribution >= 4 is 35.8 Å². The summed E-state index contributed by atoms with van der Waals surface area (Å²) in [5, 5.41) is 3.69. The van der Waals surface area contributed by atoms with Crippen molar-refractivity contribution in [2.24, 2.45) is 10.4 Å². The van der Waals surface area contributed by atoms with Crippen molar-refractivity contribution in [1.29, 1.82) is 0 Å². The third-order valence-corrected chi connectivity index (χ3v) is 6.09. The van der Waals surface area contributed by atoms with Gasteiger partial charge >= 0.3 is 0 Å². The predicted octanol–water partition coefficient (Wildman–Crippen LogP) is 2.47. The van der Waals surface area contributed by atoms with Gasteiger partial charge < -0.3 is 19.9 Å². The van der Waals surface area contributed by atoms with Crippen molar-refractivity contribution in [3.63, 3.8) is 0 Å². The van der Waals surface area contributed by atoms with Gasteiger partial charge in [0.1, 0.15) is 6.54 Å². The summed E-state index contributed by atoms with van der Waals surface area (Å²) in [5.74, 6) is 1.01. The van der Waals surface area contributed by atoms with E-state index in [9.17, 15) is 4.79 Å². The van der Waals surface area contributed by atoms with Crippen molar-refractivity contribution in [3.8, 4) is 0 Å². The van der Waals surface area contributed by atoms with E-state index in [-0.39, 0.29) is 36.4 Å². The Hall–Kier alpha value is -0.570. The molecular weight excluding hydrogens is 443 g/mol. The van der Waals surface area contributed by atoms with Gasteiger partial charge in [0, 0.05) is 46.4 Å². The average Bonchev–Trinajstić information content (AvgIpc) is 3.03. The number of halogens is 1. The number of hydrogen-bond acceptors (Lipinski definition) is 3. The van der Waals surface area contributed by atoms with Crippen LogP contribution in [-0.4, -0.2) is 74.7 Å². The zero-order valence-corrected chi connectivity index (χ0v) is 18.7. The average molecular weight is 478 g/mol. The normalized spacial score (nSPS) is 23.6. The van der Waals surface area contributed by atoms with Gasteiger partial charge in [0.15, 0.2) is 5.96 Å². The number of rotatable bonds is 3.